The number of pyridine rings is 2. The fraction of sp³-hybridized carbons (Fsp3) is 0.429. The van der Waals surface area contributed by atoms with Gasteiger partial charge in [0.15, 0.2) is 0 Å². The van der Waals surface area contributed by atoms with Gasteiger partial charge in [-0.1, -0.05) is 19.1 Å². The minimum Gasteiger partial charge on any atom is -0.480 e. The van der Waals surface area contributed by atoms with Crippen molar-refractivity contribution in [1.82, 2.24) is 20.2 Å². The van der Waals surface area contributed by atoms with E-state index in [1.54, 1.807) is 12.4 Å². The van der Waals surface area contributed by atoms with Crippen LogP contribution in [0.4, 0.5) is 0 Å². The molecule has 0 aliphatic carbocycles. The molecule has 2 aromatic rings. The summed E-state index contributed by atoms with van der Waals surface area (Å²) in [5.74, 6) is -0.842. The van der Waals surface area contributed by atoms with E-state index in [1.165, 1.54) is 0 Å². The zero-order chi connectivity index (χ0) is 20.2. The average Bonchev–Trinajstić information content (AvgIpc) is 2.71. The summed E-state index contributed by atoms with van der Waals surface area (Å²) in [6, 6.07) is 10.6. The zero-order valence-corrected chi connectivity index (χ0v) is 16.3. The van der Waals surface area contributed by atoms with Gasteiger partial charge in [-0.25, -0.2) is 0 Å². The summed E-state index contributed by atoms with van der Waals surface area (Å²) >= 11 is 0. The summed E-state index contributed by atoms with van der Waals surface area (Å²) in [5, 5.41) is 12.7. The lowest BCUT2D eigenvalue weighted by Gasteiger charge is -2.28. The van der Waals surface area contributed by atoms with Crippen LogP contribution in [0.3, 0.4) is 0 Å². The highest BCUT2D eigenvalue weighted by Gasteiger charge is 2.26. The lowest BCUT2D eigenvalue weighted by atomic mass is 10.1. The third-order valence-corrected chi connectivity index (χ3v) is 4.46. The second kappa shape index (κ2) is 11.8. The fourth-order valence-corrected chi connectivity index (χ4v) is 2.95. The van der Waals surface area contributed by atoms with E-state index in [1.807, 2.05) is 48.2 Å². The van der Waals surface area contributed by atoms with Gasteiger partial charge < -0.3 is 10.4 Å². The molecule has 0 fully saturated rings. The van der Waals surface area contributed by atoms with Gasteiger partial charge in [0.1, 0.15) is 6.04 Å². The largest absolute Gasteiger partial charge is 0.480 e. The zero-order valence-electron chi connectivity index (χ0n) is 16.3. The summed E-state index contributed by atoms with van der Waals surface area (Å²) in [4.78, 5) is 33.9. The van der Waals surface area contributed by atoms with Crippen LogP contribution in [0.25, 0.3) is 0 Å². The molecule has 1 atom stereocenters. The molecule has 1 unspecified atom stereocenters. The number of nitrogens with one attached hydrogen (secondary N) is 1. The Morgan fingerprint density at radius 3 is 2.11 bits per heavy atom. The summed E-state index contributed by atoms with van der Waals surface area (Å²) in [6.45, 7) is 3.24. The molecule has 0 aromatic carbocycles. The van der Waals surface area contributed by atoms with E-state index in [2.05, 4.69) is 15.3 Å². The van der Waals surface area contributed by atoms with Gasteiger partial charge in [-0.15, -0.1) is 0 Å². The number of hydrogen-bond donors (Lipinski definition) is 2. The molecule has 2 heterocycles. The normalized spacial score (nSPS) is 11.9. The maximum absolute atomic E-state index is 12.0. The number of nitrogens with zero attached hydrogens (tertiary/aromatic N) is 3. The molecular formula is C21H28N4O3. The number of carbonyl (C=O) groups is 2. The Kier molecular flexibility index (Phi) is 9.07. The van der Waals surface area contributed by atoms with Crippen LogP contribution in [0.5, 0.6) is 0 Å². The van der Waals surface area contributed by atoms with Crippen LogP contribution in [0.15, 0.2) is 48.8 Å². The predicted octanol–water partition coefficient (Wildman–Crippen LogP) is 2.63. The molecule has 1 amide bonds. The summed E-state index contributed by atoms with van der Waals surface area (Å²) < 4.78 is 0. The summed E-state index contributed by atoms with van der Waals surface area (Å²) in [6.07, 6.45) is 5.83. The molecule has 150 valence electrons. The van der Waals surface area contributed by atoms with Crippen LogP contribution >= 0.6 is 0 Å². The van der Waals surface area contributed by atoms with Gasteiger partial charge in [-0.2, -0.15) is 0 Å². The van der Waals surface area contributed by atoms with Crippen molar-refractivity contribution in [2.24, 2.45) is 0 Å². The van der Waals surface area contributed by atoms with Crippen molar-refractivity contribution in [1.29, 1.82) is 0 Å². The average molecular weight is 384 g/mol. The van der Waals surface area contributed by atoms with Crippen LogP contribution in [0.2, 0.25) is 0 Å². The van der Waals surface area contributed by atoms with Crippen molar-refractivity contribution < 1.29 is 14.7 Å². The van der Waals surface area contributed by atoms with Gasteiger partial charge in [0.25, 0.3) is 0 Å². The van der Waals surface area contributed by atoms with Crippen LogP contribution in [-0.4, -0.2) is 44.4 Å². The van der Waals surface area contributed by atoms with Crippen molar-refractivity contribution in [3.63, 3.8) is 0 Å². The molecule has 0 saturated heterocycles. The van der Waals surface area contributed by atoms with Crippen molar-refractivity contribution in [2.45, 2.75) is 51.7 Å². The highest BCUT2D eigenvalue weighted by Crippen LogP contribution is 2.16. The molecule has 0 aliphatic rings. The molecular weight excluding hydrogens is 356 g/mol. The van der Waals surface area contributed by atoms with Gasteiger partial charge in [-0.3, -0.25) is 24.5 Å². The summed E-state index contributed by atoms with van der Waals surface area (Å²) in [7, 11) is 0. The van der Waals surface area contributed by atoms with E-state index in [9.17, 15) is 14.7 Å². The van der Waals surface area contributed by atoms with Gasteiger partial charge in [0.2, 0.25) is 5.91 Å². The molecule has 0 saturated carbocycles. The Bertz CT molecular complexity index is 683. The first-order chi connectivity index (χ1) is 13.6. The SMILES string of the molecule is CCC(=O)NCCCCC(C(=O)O)N(Cc1ccccn1)Cc1ccccn1. The Labute approximate surface area is 165 Å². The van der Waals surface area contributed by atoms with E-state index < -0.39 is 12.0 Å². The van der Waals surface area contributed by atoms with Gasteiger partial charge in [0, 0.05) is 38.4 Å². The van der Waals surface area contributed by atoms with E-state index in [-0.39, 0.29) is 5.91 Å². The highest BCUT2D eigenvalue weighted by molar-refractivity contribution is 5.75. The molecule has 0 bridgehead atoms. The smallest absolute Gasteiger partial charge is 0.320 e. The quantitative estimate of drug-likeness (QED) is 0.546. The number of carbonyl (C=O) groups excluding carboxylic acids is 1. The molecule has 2 rings (SSSR count). The van der Waals surface area contributed by atoms with Gasteiger partial charge >= 0.3 is 5.97 Å². The molecule has 0 aliphatic heterocycles. The van der Waals surface area contributed by atoms with Gasteiger partial charge in [-0.05, 0) is 43.5 Å². The lowest BCUT2D eigenvalue weighted by Crippen LogP contribution is -2.40. The fourth-order valence-electron chi connectivity index (χ4n) is 2.95. The van der Waals surface area contributed by atoms with Crippen molar-refractivity contribution in [3.05, 3.63) is 60.2 Å². The molecule has 0 radical (unpaired) electrons. The number of hydrogen-bond acceptors (Lipinski definition) is 5. The van der Waals surface area contributed by atoms with Crippen molar-refractivity contribution in [2.75, 3.05) is 6.54 Å². The third-order valence-electron chi connectivity index (χ3n) is 4.46. The Morgan fingerprint density at radius 1 is 1.04 bits per heavy atom. The summed E-state index contributed by atoms with van der Waals surface area (Å²) in [5.41, 5.74) is 1.64. The third kappa shape index (κ3) is 7.44. The van der Waals surface area contributed by atoms with Crippen molar-refractivity contribution in [3.8, 4) is 0 Å². The molecule has 7 nitrogen and oxygen atoms in total. The van der Waals surface area contributed by atoms with Crippen molar-refractivity contribution >= 4 is 11.9 Å². The van der Waals surface area contributed by atoms with Crippen LogP contribution in [-0.2, 0) is 22.7 Å². The lowest BCUT2D eigenvalue weighted by molar-refractivity contribution is -0.144. The molecule has 7 heteroatoms. The first-order valence-corrected chi connectivity index (χ1v) is 9.63. The number of carboxylic acids is 1. The Balaban J connectivity index is 2.03. The first kappa shape index (κ1) is 21.5. The maximum atomic E-state index is 12.0. The molecule has 2 aromatic heterocycles. The highest BCUT2D eigenvalue weighted by atomic mass is 16.4. The molecule has 2 N–H and O–H groups in total. The number of aliphatic carboxylic acids is 1. The van der Waals surface area contributed by atoms with Gasteiger partial charge in [0.05, 0.1) is 11.4 Å². The number of unbranched alkanes of at least 4 members (excludes halogenated alkanes) is 1. The minimum absolute atomic E-state index is 0.0155. The molecule has 28 heavy (non-hydrogen) atoms. The number of aromatic nitrogens is 2. The van der Waals surface area contributed by atoms with Crippen LogP contribution in [0, 0.1) is 0 Å². The van der Waals surface area contributed by atoms with E-state index >= 15 is 0 Å². The first-order valence-electron chi connectivity index (χ1n) is 9.63. The number of carboxylic acid groups (broad SMARTS) is 1. The molecule has 0 spiro atoms. The van der Waals surface area contributed by atoms with Crippen LogP contribution < -0.4 is 5.32 Å². The number of rotatable bonds is 12. The predicted molar refractivity (Wildman–Crippen MR) is 106 cm³/mol. The van der Waals surface area contributed by atoms with E-state index in [0.29, 0.717) is 38.9 Å². The van der Waals surface area contributed by atoms with E-state index in [0.717, 1.165) is 17.8 Å². The number of amides is 1. The Hall–Kier alpha value is -2.80. The minimum atomic E-state index is -0.857. The topological polar surface area (TPSA) is 95.4 Å². The maximum Gasteiger partial charge on any atom is 0.320 e. The Morgan fingerprint density at radius 2 is 1.64 bits per heavy atom. The second-order valence-electron chi connectivity index (χ2n) is 6.60. The standard InChI is InChI=1S/C21H28N4O3/c1-2-20(26)24-14-8-5-11-19(21(27)28)25(15-17-9-3-6-12-22-17)16-18-10-4-7-13-23-18/h3-4,6-7,9-10,12-13,19H,2,5,8,11,14-16H2,1H3,(H,24,26)(H,27,28). The second-order valence-corrected chi connectivity index (χ2v) is 6.60. The monoisotopic (exact) mass is 384 g/mol. The van der Waals surface area contributed by atoms with Crippen LogP contribution in [0.1, 0.15) is 44.0 Å². The van der Waals surface area contributed by atoms with E-state index in [4.69, 9.17) is 0 Å².